The molecule has 1 N–H and O–H groups in total. The molecule has 4 rings (SSSR count). The van der Waals surface area contributed by atoms with Crippen LogP contribution in [0, 0.1) is 0 Å². The van der Waals surface area contributed by atoms with Gasteiger partial charge in [-0.25, -0.2) is 5.43 Å². The topological polar surface area (TPSA) is 67.7 Å². The normalized spacial score (nSPS) is 11.5. The number of nitrogens with zero attached hydrogens (tertiary/aromatic N) is 1. The maximum Gasteiger partial charge on any atom is 0.307 e. The molecule has 112 valence electrons. The smallest absolute Gasteiger partial charge is 0.307 e. The Morgan fingerprint density at radius 3 is 2.83 bits per heavy atom. The molecule has 0 atom stereocenters. The summed E-state index contributed by atoms with van der Waals surface area (Å²) in [5.41, 5.74) is 3.09. The van der Waals surface area contributed by atoms with Gasteiger partial charge < -0.3 is 8.83 Å². The number of carbonyl (C=O) groups excluding carboxylic acids is 1. The predicted octanol–water partition coefficient (Wildman–Crippen LogP) is 3.94. The first-order valence-corrected chi connectivity index (χ1v) is 7.09. The molecule has 0 spiro atoms. The number of rotatable bonds is 3. The zero-order valence-corrected chi connectivity index (χ0v) is 12.0. The van der Waals surface area contributed by atoms with Gasteiger partial charge in [0, 0.05) is 5.39 Å². The maximum atomic E-state index is 12.1. The van der Waals surface area contributed by atoms with Gasteiger partial charge in [0.15, 0.2) is 5.76 Å². The highest BCUT2D eigenvalue weighted by Gasteiger charge is 2.13. The highest BCUT2D eigenvalue weighted by molar-refractivity contribution is 6.08. The van der Waals surface area contributed by atoms with Gasteiger partial charge in [0.2, 0.25) is 0 Å². The average molecular weight is 304 g/mol. The second-order valence-electron chi connectivity index (χ2n) is 5.02. The van der Waals surface area contributed by atoms with Crippen molar-refractivity contribution in [2.45, 2.75) is 0 Å². The number of benzene rings is 2. The fourth-order valence-electron chi connectivity index (χ4n) is 2.48. The molecule has 23 heavy (non-hydrogen) atoms. The van der Waals surface area contributed by atoms with Crippen LogP contribution in [0.3, 0.4) is 0 Å². The van der Waals surface area contributed by atoms with E-state index in [0.29, 0.717) is 11.3 Å². The van der Waals surface area contributed by atoms with E-state index in [0.717, 1.165) is 16.2 Å². The minimum absolute atomic E-state index is 0.216. The summed E-state index contributed by atoms with van der Waals surface area (Å²) < 4.78 is 10.7. The van der Waals surface area contributed by atoms with Crippen molar-refractivity contribution in [2.75, 3.05) is 0 Å². The molecule has 0 aliphatic heterocycles. The summed E-state index contributed by atoms with van der Waals surface area (Å²) in [6, 6.07) is 17.0. The number of amides is 1. The molecule has 2 aromatic heterocycles. The molecule has 5 heteroatoms. The van der Waals surface area contributed by atoms with Gasteiger partial charge >= 0.3 is 5.91 Å². The van der Waals surface area contributed by atoms with Gasteiger partial charge in [-0.05, 0) is 35.0 Å². The van der Waals surface area contributed by atoms with Gasteiger partial charge in [-0.15, -0.1) is 0 Å². The van der Waals surface area contributed by atoms with E-state index in [1.54, 1.807) is 18.2 Å². The van der Waals surface area contributed by atoms with Crippen molar-refractivity contribution in [1.29, 1.82) is 0 Å². The van der Waals surface area contributed by atoms with Crippen LogP contribution in [0.4, 0.5) is 0 Å². The van der Waals surface area contributed by atoms with E-state index in [9.17, 15) is 4.79 Å². The van der Waals surface area contributed by atoms with Gasteiger partial charge in [-0.1, -0.05) is 30.3 Å². The summed E-state index contributed by atoms with van der Waals surface area (Å²) in [5, 5.41) is 6.90. The lowest BCUT2D eigenvalue weighted by atomic mass is 10.1. The fourth-order valence-corrected chi connectivity index (χ4v) is 2.48. The van der Waals surface area contributed by atoms with Crippen LogP contribution >= 0.6 is 0 Å². The van der Waals surface area contributed by atoms with Gasteiger partial charge in [0.05, 0.1) is 12.5 Å². The van der Waals surface area contributed by atoms with Crippen LogP contribution in [0.5, 0.6) is 0 Å². The Labute approximate surface area is 131 Å². The van der Waals surface area contributed by atoms with Crippen molar-refractivity contribution in [2.24, 2.45) is 5.10 Å². The monoisotopic (exact) mass is 304 g/mol. The minimum atomic E-state index is -0.409. The third-order valence-electron chi connectivity index (χ3n) is 3.55. The molecule has 2 heterocycles. The van der Waals surface area contributed by atoms with Crippen molar-refractivity contribution >= 4 is 33.9 Å². The van der Waals surface area contributed by atoms with Gasteiger partial charge in [-0.2, -0.15) is 5.10 Å². The molecule has 0 bridgehead atoms. The fraction of sp³-hybridized carbons (Fsp3) is 0. The van der Waals surface area contributed by atoms with E-state index < -0.39 is 5.91 Å². The van der Waals surface area contributed by atoms with E-state index in [4.69, 9.17) is 8.83 Å². The van der Waals surface area contributed by atoms with Crippen LogP contribution in [0.15, 0.2) is 74.8 Å². The number of furan rings is 2. The van der Waals surface area contributed by atoms with Crippen molar-refractivity contribution < 1.29 is 13.6 Å². The van der Waals surface area contributed by atoms with Crippen LogP contribution in [-0.4, -0.2) is 12.1 Å². The number of hydrogen-bond donors (Lipinski definition) is 1. The van der Waals surface area contributed by atoms with Crippen molar-refractivity contribution in [3.63, 3.8) is 0 Å². The van der Waals surface area contributed by atoms with Crippen molar-refractivity contribution in [1.82, 2.24) is 5.43 Å². The molecule has 1 amide bonds. The Bertz CT molecular complexity index is 1010. The Morgan fingerprint density at radius 2 is 1.96 bits per heavy atom. The zero-order valence-electron chi connectivity index (χ0n) is 12.0. The second kappa shape index (κ2) is 5.46. The molecular formula is C18H12N2O3. The molecule has 0 aliphatic carbocycles. The highest BCUT2D eigenvalue weighted by Crippen LogP contribution is 2.28. The number of fused-ring (bicyclic) bond motifs is 3. The summed E-state index contributed by atoms with van der Waals surface area (Å²) in [6.07, 6.45) is 2.96. The summed E-state index contributed by atoms with van der Waals surface area (Å²) in [6.45, 7) is 0. The van der Waals surface area contributed by atoms with Crippen LogP contribution in [0.1, 0.15) is 16.3 Å². The summed E-state index contributed by atoms with van der Waals surface area (Å²) >= 11 is 0. The molecular weight excluding hydrogens is 292 g/mol. The van der Waals surface area contributed by atoms with Crippen molar-refractivity contribution in [3.8, 4) is 0 Å². The Morgan fingerprint density at radius 1 is 1.04 bits per heavy atom. The maximum absolute atomic E-state index is 12.1. The van der Waals surface area contributed by atoms with E-state index in [1.807, 2.05) is 36.4 Å². The third kappa shape index (κ3) is 2.48. The van der Waals surface area contributed by atoms with E-state index >= 15 is 0 Å². The molecule has 0 saturated heterocycles. The first-order chi connectivity index (χ1) is 11.3. The number of nitrogens with one attached hydrogen (secondary N) is 1. The van der Waals surface area contributed by atoms with Gasteiger partial charge in [0.1, 0.15) is 11.3 Å². The van der Waals surface area contributed by atoms with Gasteiger partial charge in [-0.3, -0.25) is 4.79 Å². The second-order valence-corrected chi connectivity index (χ2v) is 5.02. The first-order valence-electron chi connectivity index (χ1n) is 7.09. The quantitative estimate of drug-likeness (QED) is 0.460. The Hall–Kier alpha value is -3.34. The molecule has 5 nitrogen and oxygen atoms in total. The number of carbonyl (C=O) groups is 1. The van der Waals surface area contributed by atoms with Gasteiger partial charge in [0.25, 0.3) is 0 Å². The van der Waals surface area contributed by atoms with Crippen LogP contribution in [0.2, 0.25) is 0 Å². The Kier molecular flexibility index (Phi) is 3.16. The standard InChI is InChI=1S/C18H12N2O3/c21-18(20-19-11-13-5-3-9-22-13)17-10-15-14-6-2-1-4-12(14)7-8-16(15)23-17/h1-11H,(H,20,21)/b19-11-. The molecule has 2 aromatic carbocycles. The van der Waals surface area contributed by atoms with E-state index in [-0.39, 0.29) is 5.76 Å². The molecule has 0 radical (unpaired) electrons. The van der Waals surface area contributed by atoms with E-state index in [2.05, 4.69) is 10.5 Å². The van der Waals surface area contributed by atoms with Crippen LogP contribution < -0.4 is 5.43 Å². The third-order valence-corrected chi connectivity index (χ3v) is 3.55. The predicted molar refractivity (Wildman–Crippen MR) is 87.5 cm³/mol. The number of hydrogen-bond acceptors (Lipinski definition) is 4. The molecule has 4 aromatic rings. The van der Waals surface area contributed by atoms with Crippen LogP contribution in [-0.2, 0) is 0 Å². The number of hydrazone groups is 1. The largest absolute Gasteiger partial charge is 0.463 e. The molecule has 0 aliphatic rings. The molecule has 0 unspecified atom stereocenters. The van der Waals surface area contributed by atoms with Crippen molar-refractivity contribution in [3.05, 3.63) is 72.4 Å². The lowest BCUT2D eigenvalue weighted by Gasteiger charge is -1.96. The van der Waals surface area contributed by atoms with Crippen LogP contribution in [0.25, 0.3) is 21.7 Å². The summed E-state index contributed by atoms with van der Waals surface area (Å²) in [7, 11) is 0. The Balaban J connectivity index is 1.63. The highest BCUT2D eigenvalue weighted by atomic mass is 16.3. The molecule has 0 saturated carbocycles. The lowest BCUT2D eigenvalue weighted by molar-refractivity contribution is 0.0929. The summed E-state index contributed by atoms with van der Waals surface area (Å²) in [4.78, 5) is 12.1. The SMILES string of the molecule is O=C(N/N=C\c1ccco1)c1cc2c(ccc3ccccc32)o1. The van der Waals surface area contributed by atoms with E-state index in [1.165, 1.54) is 12.5 Å². The first kappa shape index (κ1) is 13.3. The molecule has 0 fully saturated rings. The minimum Gasteiger partial charge on any atom is -0.463 e. The average Bonchev–Trinajstić information content (AvgIpc) is 3.24. The zero-order chi connectivity index (χ0) is 15.6. The lowest BCUT2D eigenvalue weighted by Crippen LogP contribution is -2.16. The summed E-state index contributed by atoms with van der Waals surface area (Å²) in [5.74, 6) is 0.363.